The van der Waals surface area contributed by atoms with E-state index in [0.717, 1.165) is 16.9 Å². The average Bonchev–Trinajstić information content (AvgIpc) is 2.72. The lowest BCUT2D eigenvalue weighted by atomic mass is 9.77. The first-order valence-corrected chi connectivity index (χ1v) is 10.8. The third kappa shape index (κ3) is 6.11. The molecule has 0 bridgehead atoms. The van der Waals surface area contributed by atoms with Crippen LogP contribution < -0.4 is 4.74 Å². The summed E-state index contributed by atoms with van der Waals surface area (Å²) in [5, 5.41) is 11.8. The molecule has 0 aliphatic carbocycles. The van der Waals surface area contributed by atoms with E-state index in [0.29, 0.717) is 32.4 Å². The van der Waals surface area contributed by atoms with Gasteiger partial charge in [-0.3, -0.25) is 4.90 Å². The van der Waals surface area contributed by atoms with E-state index < -0.39 is 23.3 Å². The lowest BCUT2D eigenvalue weighted by Gasteiger charge is -2.47. The molecule has 0 spiro atoms. The van der Waals surface area contributed by atoms with Crippen LogP contribution in [-0.4, -0.2) is 40.5 Å². The van der Waals surface area contributed by atoms with E-state index in [1.807, 2.05) is 81.4 Å². The molecule has 0 saturated carbocycles. The molecule has 2 aromatic carbocycles. The zero-order valence-electron chi connectivity index (χ0n) is 18.7. The minimum atomic E-state index is -1.16. The fraction of sp³-hybridized carbons (Fsp3) is 0.423. The van der Waals surface area contributed by atoms with Gasteiger partial charge >= 0.3 is 6.09 Å². The SMILES string of the molecule is C=C(COc1ccccc1)C[C@@]1(O)CCCN(C(=O)OC(C)(C)C)[C@H]1c1ccccc1. The molecule has 31 heavy (non-hydrogen) atoms. The van der Waals surface area contributed by atoms with Crippen molar-refractivity contribution in [2.24, 2.45) is 0 Å². The lowest BCUT2D eigenvalue weighted by molar-refractivity contribution is -0.0861. The smallest absolute Gasteiger partial charge is 0.410 e. The van der Waals surface area contributed by atoms with Crippen molar-refractivity contribution in [2.75, 3.05) is 13.2 Å². The van der Waals surface area contributed by atoms with Gasteiger partial charge in [0.05, 0.1) is 11.6 Å². The molecule has 2 atom stereocenters. The van der Waals surface area contributed by atoms with Crippen molar-refractivity contribution in [3.8, 4) is 5.75 Å². The Bertz CT molecular complexity index is 875. The Morgan fingerprint density at radius 3 is 2.35 bits per heavy atom. The van der Waals surface area contributed by atoms with Crippen LogP contribution in [0.2, 0.25) is 0 Å². The number of hydrogen-bond donors (Lipinski definition) is 1. The van der Waals surface area contributed by atoms with Gasteiger partial charge in [0.25, 0.3) is 0 Å². The van der Waals surface area contributed by atoms with E-state index in [4.69, 9.17) is 9.47 Å². The van der Waals surface area contributed by atoms with Crippen LogP contribution in [0.4, 0.5) is 4.79 Å². The van der Waals surface area contributed by atoms with Gasteiger partial charge in [0.15, 0.2) is 0 Å². The Morgan fingerprint density at radius 2 is 1.74 bits per heavy atom. The van der Waals surface area contributed by atoms with Crippen molar-refractivity contribution < 1.29 is 19.4 Å². The number of para-hydroxylation sites is 1. The molecule has 1 N–H and O–H groups in total. The van der Waals surface area contributed by atoms with Crippen molar-refractivity contribution in [1.82, 2.24) is 4.90 Å². The summed E-state index contributed by atoms with van der Waals surface area (Å²) >= 11 is 0. The summed E-state index contributed by atoms with van der Waals surface area (Å²) in [6, 6.07) is 18.7. The zero-order valence-corrected chi connectivity index (χ0v) is 18.7. The topological polar surface area (TPSA) is 59.0 Å². The maximum absolute atomic E-state index is 13.0. The maximum Gasteiger partial charge on any atom is 0.410 e. The molecule has 5 heteroatoms. The van der Waals surface area contributed by atoms with E-state index in [1.165, 1.54) is 0 Å². The van der Waals surface area contributed by atoms with Crippen LogP contribution in [0.15, 0.2) is 72.8 Å². The van der Waals surface area contributed by atoms with Crippen LogP contribution in [0.1, 0.15) is 51.6 Å². The summed E-state index contributed by atoms with van der Waals surface area (Å²) < 4.78 is 11.5. The number of benzene rings is 2. The monoisotopic (exact) mass is 423 g/mol. The molecule has 1 aliphatic rings. The molecular formula is C26H33NO4. The number of ether oxygens (including phenoxy) is 2. The standard InChI is InChI=1S/C26H33NO4/c1-20(19-30-22-14-9-6-10-15-22)18-26(29)16-11-17-27(24(28)31-25(2,3)4)23(26)21-12-7-5-8-13-21/h5-10,12-15,23,29H,1,11,16-19H2,2-4H3/t23-,26-/m0/s1. The van der Waals surface area contributed by atoms with E-state index in [-0.39, 0.29) is 0 Å². The van der Waals surface area contributed by atoms with Crippen LogP contribution >= 0.6 is 0 Å². The van der Waals surface area contributed by atoms with Crippen molar-refractivity contribution in [3.63, 3.8) is 0 Å². The molecular weight excluding hydrogens is 390 g/mol. The predicted molar refractivity (Wildman–Crippen MR) is 122 cm³/mol. The first-order chi connectivity index (χ1) is 14.7. The van der Waals surface area contributed by atoms with Gasteiger partial charge in [0.2, 0.25) is 0 Å². The number of rotatable bonds is 6. The Balaban J connectivity index is 1.81. The maximum atomic E-state index is 13.0. The van der Waals surface area contributed by atoms with Crippen LogP contribution in [0.25, 0.3) is 0 Å². The highest BCUT2D eigenvalue weighted by Gasteiger charge is 2.47. The zero-order chi connectivity index (χ0) is 22.5. The highest BCUT2D eigenvalue weighted by Crippen LogP contribution is 2.43. The van der Waals surface area contributed by atoms with E-state index in [9.17, 15) is 9.90 Å². The number of aliphatic hydroxyl groups is 1. The summed E-state index contributed by atoms with van der Waals surface area (Å²) in [6.45, 7) is 10.5. The van der Waals surface area contributed by atoms with E-state index >= 15 is 0 Å². The minimum Gasteiger partial charge on any atom is -0.489 e. The van der Waals surface area contributed by atoms with Crippen molar-refractivity contribution in [3.05, 3.63) is 78.4 Å². The second-order valence-electron chi connectivity index (χ2n) is 9.22. The highest BCUT2D eigenvalue weighted by atomic mass is 16.6. The van der Waals surface area contributed by atoms with Gasteiger partial charge in [0, 0.05) is 13.0 Å². The van der Waals surface area contributed by atoms with Gasteiger partial charge in [-0.25, -0.2) is 4.79 Å². The number of amides is 1. The number of hydrogen-bond acceptors (Lipinski definition) is 4. The number of nitrogens with zero attached hydrogens (tertiary/aromatic N) is 1. The molecule has 1 heterocycles. The first-order valence-electron chi connectivity index (χ1n) is 10.8. The lowest BCUT2D eigenvalue weighted by Crippen LogP contribution is -2.54. The van der Waals surface area contributed by atoms with Gasteiger partial charge in [0.1, 0.15) is 18.0 Å². The molecule has 5 nitrogen and oxygen atoms in total. The summed E-state index contributed by atoms with van der Waals surface area (Å²) in [7, 11) is 0. The number of carbonyl (C=O) groups excluding carboxylic acids is 1. The van der Waals surface area contributed by atoms with Gasteiger partial charge < -0.3 is 14.6 Å². The Kier molecular flexibility index (Phi) is 7.06. The number of likely N-dealkylation sites (tertiary alicyclic amines) is 1. The Morgan fingerprint density at radius 1 is 1.13 bits per heavy atom. The second-order valence-corrected chi connectivity index (χ2v) is 9.22. The number of carbonyl (C=O) groups is 1. The molecule has 2 aromatic rings. The average molecular weight is 424 g/mol. The van der Waals surface area contributed by atoms with Crippen molar-refractivity contribution in [2.45, 2.75) is 57.3 Å². The molecule has 1 saturated heterocycles. The van der Waals surface area contributed by atoms with Crippen molar-refractivity contribution in [1.29, 1.82) is 0 Å². The number of piperidine rings is 1. The molecule has 1 fully saturated rings. The summed E-state index contributed by atoms with van der Waals surface area (Å²) in [5.41, 5.74) is -0.111. The normalized spacial score (nSPS) is 21.4. The third-order valence-corrected chi connectivity index (χ3v) is 5.31. The third-order valence-electron chi connectivity index (χ3n) is 5.31. The molecule has 0 radical (unpaired) electrons. The summed E-state index contributed by atoms with van der Waals surface area (Å²) in [5.74, 6) is 0.759. The van der Waals surface area contributed by atoms with Gasteiger partial charge in [-0.05, 0) is 56.9 Å². The highest BCUT2D eigenvalue weighted by molar-refractivity contribution is 5.69. The van der Waals surface area contributed by atoms with E-state index in [1.54, 1.807) is 4.90 Å². The van der Waals surface area contributed by atoms with Gasteiger partial charge in [-0.15, -0.1) is 0 Å². The first kappa shape index (κ1) is 22.9. The molecule has 0 unspecified atom stereocenters. The van der Waals surface area contributed by atoms with Crippen LogP contribution in [0, 0.1) is 0 Å². The quantitative estimate of drug-likeness (QED) is 0.622. The van der Waals surface area contributed by atoms with Crippen LogP contribution in [0.3, 0.4) is 0 Å². The fourth-order valence-corrected chi connectivity index (χ4v) is 4.13. The van der Waals surface area contributed by atoms with E-state index in [2.05, 4.69) is 6.58 Å². The van der Waals surface area contributed by atoms with Crippen LogP contribution in [0.5, 0.6) is 5.75 Å². The summed E-state index contributed by atoms with van der Waals surface area (Å²) in [6.07, 6.45) is 1.17. The van der Waals surface area contributed by atoms with Gasteiger partial charge in [-0.2, -0.15) is 0 Å². The minimum absolute atomic E-state index is 0.306. The fourth-order valence-electron chi connectivity index (χ4n) is 4.13. The largest absolute Gasteiger partial charge is 0.489 e. The van der Waals surface area contributed by atoms with Crippen LogP contribution in [-0.2, 0) is 4.74 Å². The molecule has 166 valence electrons. The second kappa shape index (κ2) is 9.56. The summed E-state index contributed by atoms with van der Waals surface area (Å²) in [4.78, 5) is 14.7. The Labute approximate surface area is 185 Å². The molecule has 3 rings (SSSR count). The predicted octanol–water partition coefficient (Wildman–Crippen LogP) is 5.52. The molecule has 0 aromatic heterocycles. The van der Waals surface area contributed by atoms with Crippen molar-refractivity contribution >= 4 is 6.09 Å². The van der Waals surface area contributed by atoms with Gasteiger partial charge in [-0.1, -0.05) is 55.1 Å². The molecule has 1 aliphatic heterocycles. The Hall–Kier alpha value is -2.79. The molecule has 1 amide bonds.